The zero-order valence-corrected chi connectivity index (χ0v) is 13.6. The normalized spacial score (nSPS) is 17.9. The lowest BCUT2D eigenvalue weighted by molar-refractivity contribution is -0.151. The second-order valence-corrected chi connectivity index (χ2v) is 5.82. The van der Waals surface area contributed by atoms with Crippen molar-refractivity contribution < 1.29 is 14.3 Å². The molecule has 1 atom stereocenters. The van der Waals surface area contributed by atoms with E-state index in [1.807, 2.05) is 0 Å². The number of piperidine rings is 1. The number of rotatable bonds is 4. The summed E-state index contributed by atoms with van der Waals surface area (Å²) in [6.45, 7) is 2.87. The number of likely N-dealkylation sites (tertiary alicyclic amines) is 1. The molecule has 2 aromatic heterocycles. The average molecular weight is 332 g/mol. The Labute approximate surface area is 138 Å². The van der Waals surface area contributed by atoms with E-state index in [-0.39, 0.29) is 30.0 Å². The van der Waals surface area contributed by atoms with E-state index in [1.54, 1.807) is 36.4 Å². The van der Waals surface area contributed by atoms with Crippen molar-refractivity contribution >= 4 is 17.4 Å². The molecular weight excluding hydrogens is 312 g/mol. The van der Waals surface area contributed by atoms with Crippen molar-refractivity contribution in [3.8, 4) is 0 Å². The number of esters is 1. The van der Waals surface area contributed by atoms with Gasteiger partial charge in [0.05, 0.1) is 24.2 Å². The Balaban J connectivity index is 1.70. The first-order chi connectivity index (χ1) is 11.6. The van der Waals surface area contributed by atoms with Gasteiger partial charge in [0.15, 0.2) is 0 Å². The second-order valence-electron chi connectivity index (χ2n) is 5.82. The van der Waals surface area contributed by atoms with Crippen molar-refractivity contribution in [3.05, 3.63) is 35.0 Å². The molecule has 0 aliphatic carbocycles. The standard InChI is InChI=1S/C16H20N4O4/c1-2-24-15(22)12-5-3-7-18(10-12)14(21)11-20-16(23)19-8-4-6-13(19)9-17-20/h4,6,8-9,12H,2-3,5,7,10-11H2,1H3/t12-/m1/s1. The molecule has 0 saturated carbocycles. The van der Waals surface area contributed by atoms with E-state index in [2.05, 4.69) is 5.10 Å². The van der Waals surface area contributed by atoms with Gasteiger partial charge in [-0.25, -0.2) is 9.48 Å². The molecular formula is C16H20N4O4. The summed E-state index contributed by atoms with van der Waals surface area (Å²) < 4.78 is 7.62. The van der Waals surface area contributed by atoms with Gasteiger partial charge in [-0.15, -0.1) is 0 Å². The van der Waals surface area contributed by atoms with Crippen molar-refractivity contribution in [3.63, 3.8) is 0 Å². The molecule has 8 nitrogen and oxygen atoms in total. The highest BCUT2D eigenvalue weighted by atomic mass is 16.5. The molecule has 1 aliphatic rings. The van der Waals surface area contributed by atoms with Crippen molar-refractivity contribution in [2.45, 2.75) is 26.3 Å². The maximum absolute atomic E-state index is 12.5. The van der Waals surface area contributed by atoms with E-state index >= 15 is 0 Å². The first-order valence-corrected chi connectivity index (χ1v) is 8.07. The molecule has 1 saturated heterocycles. The third-order valence-electron chi connectivity index (χ3n) is 4.22. The summed E-state index contributed by atoms with van der Waals surface area (Å²) in [7, 11) is 0. The fourth-order valence-corrected chi connectivity index (χ4v) is 2.97. The van der Waals surface area contributed by atoms with Crippen LogP contribution in [0, 0.1) is 5.92 Å². The highest BCUT2D eigenvalue weighted by molar-refractivity contribution is 5.78. The van der Waals surface area contributed by atoms with Gasteiger partial charge in [0.2, 0.25) is 5.91 Å². The summed E-state index contributed by atoms with van der Waals surface area (Å²) in [5.74, 6) is -0.775. The smallest absolute Gasteiger partial charge is 0.349 e. The van der Waals surface area contributed by atoms with Gasteiger partial charge >= 0.3 is 11.7 Å². The van der Waals surface area contributed by atoms with Crippen LogP contribution in [0.3, 0.4) is 0 Å². The van der Waals surface area contributed by atoms with Crippen LogP contribution in [0.2, 0.25) is 0 Å². The zero-order chi connectivity index (χ0) is 17.1. The highest BCUT2D eigenvalue weighted by Crippen LogP contribution is 2.18. The Morgan fingerprint density at radius 2 is 2.25 bits per heavy atom. The lowest BCUT2D eigenvalue weighted by Crippen LogP contribution is -2.45. The molecule has 0 spiro atoms. The second kappa shape index (κ2) is 6.86. The largest absolute Gasteiger partial charge is 0.466 e. The summed E-state index contributed by atoms with van der Waals surface area (Å²) in [6, 6.07) is 3.52. The van der Waals surface area contributed by atoms with Crippen LogP contribution in [0.4, 0.5) is 0 Å². The van der Waals surface area contributed by atoms with E-state index in [9.17, 15) is 14.4 Å². The van der Waals surface area contributed by atoms with Crippen molar-refractivity contribution in [2.24, 2.45) is 5.92 Å². The Bertz CT molecular complexity index is 810. The van der Waals surface area contributed by atoms with Crippen LogP contribution in [-0.2, 0) is 20.9 Å². The summed E-state index contributed by atoms with van der Waals surface area (Å²) in [5, 5.41) is 4.04. The molecule has 8 heteroatoms. The van der Waals surface area contributed by atoms with E-state index in [0.717, 1.165) is 17.5 Å². The maximum Gasteiger partial charge on any atom is 0.349 e. The van der Waals surface area contributed by atoms with E-state index in [4.69, 9.17) is 4.74 Å². The number of aromatic nitrogens is 3. The number of carbonyl (C=O) groups excluding carboxylic acids is 2. The van der Waals surface area contributed by atoms with Gasteiger partial charge in [-0.3, -0.25) is 14.0 Å². The topological polar surface area (TPSA) is 85.9 Å². The molecule has 1 aliphatic heterocycles. The van der Waals surface area contributed by atoms with Crippen molar-refractivity contribution in [1.29, 1.82) is 0 Å². The summed E-state index contributed by atoms with van der Waals surface area (Å²) >= 11 is 0. The van der Waals surface area contributed by atoms with E-state index < -0.39 is 0 Å². The molecule has 2 aromatic rings. The van der Waals surface area contributed by atoms with Crippen LogP contribution in [0.5, 0.6) is 0 Å². The molecule has 24 heavy (non-hydrogen) atoms. The molecule has 0 bridgehead atoms. The monoisotopic (exact) mass is 332 g/mol. The lowest BCUT2D eigenvalue weighted by Gasteiger charge is -2.31. The van der Waals surface area contributed by atoms with Crippen molar-refractivity contribution in [2.75, 3.05) is 19.7 Å². The molecule has 0 aromatic carbocycles. The van der Waals surface area contributed by atoms with Gasteiger partial charge in [0.25, 0.3) is 0 Å². The van der Waals surface area contributed by atoms with Gasteiger partial charge in [-0.05, 0) is 31.9 Å². The lowest BCUT2D eigenvalue weighted by atomic mass is 9.98. The Hall–Kier alpha value is -2.64. The number of hydrogen-bond donors (Lipinski definition) is 0. The Morgan fingerprint density at radius 3 is 3.04 bits per heavy atom. The fourth-order valence-electron chi connectivity index (χ4n) is 2.97. The molecule has 3 rings (SSSR count). The minimum atomic E-state index is -0.357. The average Bonchev–Trinajstić information content (AvgIpc) is 3.07. The summed E-state index contributed by atoms with van der Waals surface area (Å²) in [5.41, 5.74) is 0.328. The van der Waals surface area contributed by atoms with Crippen LogP contribution >= 0.6 is 0 Å². The number of amides is 1. The van der Waals surface area contributed by atoms with Gasteiger partial charge in [-0.2, -0.15) is 5.10 Å². The number of nitrogens with zero attached hydrogens (tertiary/aromatic N) is 4. The van der Waals surface area contributed by atoms with Gasteiger partial charge < -0.3 is 9.64 Å². The first kappa shape index (κ1) is 16.2. The predicted molar refractivity (Wildman–Crippen MR) is 85.4 cm³/mol. The molecule has 3 heterocycles. The number of hydrogen-bond acceptors (Lipinski definition) is 5. The predicted octanol–water partition coefficient (Wildman–Crippen LogP) is 0.298. The number of ether oxygens (including phenoxy) is 1. The highest BCUT2D eigenvalue weighted by Gasteiger charge is 2.29. The van der Waals surface area contributed by atoms with Crippen LogP contribution in [0.1, 0.15) is 19.8 Å². The third kappa shape index (κ3) is 3.17. The molecule has 1 amide bonds. The number of fused-ring (bicyclic) bond motifs is 1. The SMILES string of the molecule is CCOC(=O)[C@@H]1CCCN(C(=O)Cn2ncc3cccn3c2=O)C1. The minimum absolute atomic E-state index is 0.136. The van der Waals surface area contributed by atoms with E-state index in [0.29, 0.717) is 25.2 Å². The molecule has 0 unspecified atom stereocenters. The molecule has 128 valence electrons. The Morgan fingerprint density at radius 1 is 1.42 bits per heavy atom. The fraction of sp³-hybridized carbons (Fsp3) is 0.500. The maximum atomic E-state index is 12.5. The quantitative estimate of drug-likeness (QED) is 0.752. The molecule has 0 N–H and O–H groups in total. The van der Waals surface area contributed by atoms with E-state index in [1.165, 1.54) is 4.40 Å². The van der Waals surface area contributed by atoms with Crippen LogP contribution in [0.25, 0.3) is 5.52 Å². The summed E-state index contributed by atoms with van der Waals surface area (Å²) in [4.78, 5) is 38.2. The van der Waals surface area contributed by atoms with Crippen LogP contribution < -0.4 is 5.69 Å². The van der Waals surface area contributed by atoms with Gasteiger partial charge in [0.1, 0.15) is 6.54 Å². The van der Waals surface area contributed by atoms with Gasteiger partial charge in [0, 0.05) is 19.3 Å². The zero-order valence-electron chi connectivity index (χ0n) is 13.6. The summed E-state index contributed by atoms with van der Waals surface area (Å²) in [6.07, 6.45) is 4.65. The molecule has 1 fully saturated rings. The Kier molecular flexibility index (Phi) is 4.64. The van der Waals surface area contributed by atoms with Crippen LogP contribution in [0.15, 0.2) is 29.3 Å². The first-order valence-electron chi connectivity index (χ1n) is 8.07. The van der Waals surface area contributed by atoms with Crippen molar-refractivity contribution in [1.82, 2.24) is 19.1 Å². The number of carbonyl (C=O) groups is 2. The minimum Gasteiger partial charge on any atom is -0.466 e. The van der Waals surface area contributed by atoms with Crippen LogP contribution in [-0.4, -0.2) is 50.7 Å². The molecule has 0 radical (unpaired) electrons. The third-order valence-corrected chi connectivity index (χ3v) is 4.22. The van der Waals surface area contributed by atoms with Gasteiger partial charge in [-0.1, -0.05) is 0 Å².